The van der Waals surface area contributed by atoms with Crippen molar-refractivity contribution in [3.05, 3.63) is 53.8 Å². The van der Waals surface area contributed by atoms with E-state index >= 15 is 0 Å². The molecule has 0 saturated carbocycles. The van der Waals surface area contributed by atoms with Crippen LogP contribution < -0.4 is 10.5 Å². The van der Waals surface area contributed by atoms with Crippen LogP contribution in [-0.4, -0.2) is 40.3 Å². The molecule has 7 nitrogen and oxygen atoms in total. The van der Waals surface area contributed by atoms with E-state index in [2.05, 4.69) is 4.52 Å². The number of unbranched alkanes of at least 4 members (excludes halogenated alkanes) is 1. The maximum atomic E-state index is 14.3. The molecular weight excluding hydrogens is 412 g/mol. The second kappa shape index (κ2) is 11.0. The Morgan fingerprint density at radius 3 is 2.37 bits per heavy atom. The van der Waals surface area contributed by atoms with Crippen LogP contribution in [0.4, 0.5) is 4.39 Å². The molecule has 0 heterocycles. The summed E-state index contributed by atoms with van der Waals surface area (Å²) in [6.07, 6.45) is 2.59. The van der Waals surface area contributed by atoms with Gasteiger partial charge in [0.2, 0.25) is 0 Å². The van der Waals surface area contributed by atoms with Gasteiger partial charge in [-0.15, -0.1) is 0 Å². The maximum Gasteiger partial charge on any atom is 0.469 e. The van der Waals surface area contributed by atoms with Crippen molar-refractivity contribution in [2.24, 2.45) is 5.73 Å². The fourth-order valence-electron chi connectivity index (χ4n) is 2.79. The number of phosphoric ester groups is 1. The first kappa shape index (κ1) is 24.5. The van der Waals surface area contributed by atoms with Gasteiger partial charge in [0.25, 0.3) is 0 Å². The minimum absolute atomic E-state index is 0.240. The fraction of sp³-hybridized carbons (Fsp3) is 0.429. The summed E-state index contributed by atoms with van der Waals surface area (Å²) >= 11 is 0. The first-order valence-electron chi connectivity index (χ1n) is 9.77. The van der Waals surface area contributed by atoms with Crippen LogP contribution in [-0.2, 0) is 15.5 Å². The van der Waals surface area contributed by atoms with Crippen molar-refractivity contribution in [2.75, 3.05) is 19.8 Å². The van der Waals surface area contributed by atoms with Crippen LogP contribution in [0.1, 0.15) is 31.7 Å². The summed E-state index contributed by atoms with van der Waals surface area (Å²) in [7, 11) is -4.66. The Morgan fingerprint density at radius 1 is 1.13 bits per heavy atom. The van der Waals surface area contributed by atoms with Crippen LogP contribution in [0.2, 0.25) is 0 Å². The molecule has 2 aromatic rings. The number of benzene rings is 2. The Balaban J connectivity index is 1.99. The number of hydrogen-bond donors (Lipinski definition) is 4. The molecule has 1 atom stereocenters. The normalized spacial score (nSPS) is 13.8. The van der Waals surface area contributed by atoms with Gasteiger partial charge >= 0.3 is 7.82 Å². The van der Waals surface area contributed by atoms with Crippen molar-refractivity contribution in [3.8, 4) is 16.9 Å². The van der Waals surface area contributed by atoms with Gasteiger partial charge in [-0.2, -0.15) is 0 Å². The zero-order valence-corrected chi connectivity index (χ0v) is 17.9. The standard InChI is InChI=1S/C21H29FNO6P/c1-2-3-12-28-20-9-8-18(13-19(20)22)17-6-4-16(5-7-17)10-11-21(23,14-24)15-29-30(25,26)27/h4-9,13,24H,2-3,10-12,14-15,23H2,1H3,(H2,25,26,27). The molecule has 0 fully saturated rings. The number of aliphatic hydroxyl groups excluding tert-OH is 1. The molecule has 0 amide bonds. The third-order valence-electron chi connectivity index (χ3n) is 4.72. The zero-order chi connectivity index (χ0) is 22.2. The summed E-state index contributed by atoms with van der Waals surface area (Å²) in [5.41, 5.74) is 7.18. The van der Waals surface area contributed by atoms with Crippen molar-refractivity contribution in [1.82, 2.24) is 0 Å². The van der Waals surface area contributed by atoms with Gasteiger partial charge < -0.3 is 25.4 Å². The molecule has 2 rings (SSSR count). The number of aliphatic hydroxyl groups is 1. The van der Waals surface area contributed by atoms with Crippen molar-refractivity contribution in [1.29, 1.82) is 0 Å². The smallest absolute Gasteiger partial charge is 0.469 e. The SMILES string of the molecule is CCCCOc1ccc(-c2ccc(CCC(N)(CO)COP(=O)(O)O)cc2)cc1F. The van der Waals surface area contributed by atoms with E-state index in [0.717, 1.165) is 29.5 Å². The zero-order valence-electron chi connectivity index (χ0n) is 17.0. The lowest BCUT2D eigenvalue weighted by atomic mass is 9.93. The minimum atomic E-state index is -4.66. The van der Waals surface area contributed by atoms with Crippen LogP contribution in [0.3, 0.4) is 0 Å². The Hall–Kier alpha value is -1.80. The highest BCUT2D eigenvalue weighted by atomic mass is 31.2. The van der Waals surface area contributed by atoms with E-state index in [1.54, 1.807) is 12.1 Å². The molecule has 0 bridgehead atoms. The lowest BCUT2D eigenvalue weighted by Crippen LogP contribution is -2.48. The predicted molar refractivity (Wildman–Crippen MR) is 113 cm³/mol. The van der Waals surface area contributed by atoms with Gasteiger partial charge in [0.15, 0.2) is 11.6 Å². The molecule has 0 spiro atoms. The van der Waals surface area contributed by atoms with Crippen molar-refractivity contribution < 1.29 is 33.1 Å². The molecule has 166 valence electrons. The summed E-state index contributed by atoms with van der Waals surface area (Å²) < 4.78 is 35.0. The molecule has 9 heteroatoms. The topological polar surface area (TPSA) is 122 Å². The van der Waals surface area contributed by atoms with Crippen molar-refractivity contribution >= 4 is 7.82 Å². The van der Waals surface area contributed by atoms with E-state index in [0.29, 0.717) is 13.0 Å². The Bertz CT molecular complexity index is 857. The lowest BCUT2D eigenvalue weighted by molar-refractivity contribution is 0.102. The number of hydrogen-bond acceptors (Lipinski definition) is 5. The van der Waals surface area contributed by atoms with Gasteiger partial charge in [-0.1, -0.05) is 43.7 Å². The third kappa shape index (κ3) is 7.80. The first-order chi connectivity index (χ1) is 14.2. The van der Waals surface area contributed by atoms with Crippen LogP contribution in [0.15, 0.2) is 42.5 Å². The third-order valence-corrected chi connectivity index (χ3v) is 5.19. The van der Waals surface area contributed by atoms with Gasteiger partial charge in [-0.3, -0.25) is 4.52 Å². The van der Waals surface area contributed by atoms with Gasteiger partial charge in [0.05, 0.1) is 25.4 Å². The Kier molecular flexibility index (Phi) is 8.97. The number of ether oxygens (including phenoxy) is 1. The van der Waals surface area contributed by atoms with Crippen LogP contribution >= 0.6 is 7.82 Å². The maximum absolute atomic E-state index is 14.3. The number of nitrogens with two attached hydrogens (primary N) is 1. The van der Waals surface area contributed by atoms with E-state index in [9.17, 15) is 14.1 Å². The van der Waals surface area contributed by atoms with Gasteiger partial charge in [-0.05, 0) is 48.1 Å². The average Bonchev–Trinajstić information content (AvgIpc) is 2.72. The summed E-state index contributed by atoms with van der Waals surface area (Å²) in [6.45, 7) is 1.59. The second-order valence-electron chi connectivity index (χ2n) is 7.33. The number of rotatable bonds is 12. The van der Waals surface area contributed by atoms with Crippen LogP contribution in [0, 0.1) is 5.82 Å². The molecule has 2 aromatic carbocycles. The molecule has 0 aliphatic carbocycles. The summed E-state index contributed by atoms with van der Waals surface area (Å²) in [5.74, 6) is -0.168. The highest BCUT2D eigenvalue weighted by Crippen LogP contribution is 2.37. The van der Waals surface area contributed by atoms with Crippen LogP contribution in [0.5, 0.6) is 5.75 Å². The Morgan fingerprint density at radius 2 is 1.80 bits per heavy atom. The monoisotopic (exact) mass is 441 g/mol. The molecule has 0 aliphatic rings. The molecule has 0 aliphatic heterocycles. The van der Waals surface area contributed by atoms with Crippen LogP contribution in [0.25, 0.3) is 11.1 Å². The molecule has 0 saturated heterocycles. The molecule has 5 N–H and O–H groups in total. The highest BCUT2D eigenvalue weighted by molar-refractivity contribution is 7.46. The minimum Gasteiger partial charge on any atom is -0.491 e. The van der Waals surface area contributed by atoms with Gasteiger partial charge in [0.1, 0.15) is 0 Å². The van der Waals surface area contributed by atoms with E-state index in [4.69, 9.17) is 20.3 Å². The lowest BCUT2D eigenvalue weighted by Gasteiger charge is -2.27. The van der Waals surface area contributed by atoms with E-state index in [1.807, 2.05) is 31.2 Å². The molecule has 0 radical (unpaired) electrons. The summed E-state index contributed by atoms with van der Waals surface area (Å²) in [4.78, 5) is 17.6. The highest BCUT2D eigenvalue weighted by Gasteiger charge is 2.28. The van der Waals surface area contributed by atoms with Crippen molar-refractivity contribution in [3.63, 3.8) is 0 Å². The number of aryl methyl sites for hydroxylation is 1. The van der Waals surface area contributed by atoms with Crippen molar-refractivity contribution in [2.45, 2.75) is 38.1 Å². The number of halogens is 1. The summed E-state index contributed by atoms with van der Waals surface area (Å²) in [5, 5.41) is 9.47. The average molecular weight is 441 g/mol. The first-order valence-corrected chi connectivity index (χ1v) is 11.3. The van der Waals surface area contributed by atoms with Gasteiger partial charge in [0, 0.05) is 0 Å². The second-order valence-corrected chi connectivity index (χ2v) is 8.57. The largest absolute Gasteiger partial charge is 0.491 e. The molecule has 1 unspecified atom stereocenters. The molecule has 0 aromatic heterocycles. The van der Waals surface area contributed by atoms with E-state index < -0.39 is 32.4 Å². The summed E-state index contributed by atoms with van der Waals surface area (Å²) in [6, 6.07) is 12.3. The van der Waals surface area contributed by atoms with E-state index in [1.165, 1.54) is 6.07 Å². The fourth-order valence-corrected chi connectivity index (χ4v) is 3.22. The molecular formula is C21H29FNO6P. The predicted octanol–water partition coefficient (Wildman–Crippen LogP) is 3.40. The Labute approximate surface area is 175 Å². The van der Waals surface area contributed by atoms with Gasteiger partial charge in [-0.25, -0.2) is 8.96 Å². The number of phosphoric acid groups is 1. The quantitative estimate of drug-likeness (QED) is 0.294. The molecule has 30 heavy (non-hydrogen) atoms. The van der Waals surface area contributed by atoms with E-state index in [-0.39, 0.29) is 12.2 Å².